The largest absolute Gasteiger partial charge is 0.399 e. The molecule has 0 heterocycles. The lowest BCUT2D eigenvalue weighted by Crippen LogP contribution is -2.33. The molecule has 0 atom stereocenters. The molecule has 0 bridgehead atoms. The average Bonchev–Trinajstić information content (AvgIpc) is 2.47. The minimum Gasteiger partial charge on any atom is -0.399 e. The molecular weight excluding hydrogens is 262 g/mol. The summed E-state index contributed by atoms with van der Waals surface area (Å²) in [5.41, 5.74) is 9.10. The van der Waals surface area contributed by atoms with Crippen LogP contribution in [0.3, 0.4) is 0 Å². The van der Waals surface area contributed by atoms with Gasteiger partial charge in [0, 0.05) is 37.1 Å². The Hall–Kier alpha value is -2.49. The fourth-order valence-electron chi connectivity index (χ4n) is 2.19. The highest BCUT2D eigenvalue weighted by atomic mass is 16.1. The number of nitrogens with two attached hydrogens (primary N) is 1. The third-order valence-electron chi connectivity index (χ3n) is 3.29. The summed E-state index contributed by atoms with van der Waals surface area (Å²) in [6, 6.07) is 15.5. The summed E-state index contributed by atoms with van der Waals surface area (Å²) in [4.78, 5) is 14.2. The Balaban J connectivity index is 1.87. The molecule has 4 heteroatoms. The maximum atomic E-state index is 12.1. The van der Waals surface area contributed by atoms with Crippen LogP contribution >= 0.6 is 0 Å². The fourth-order valence-corrected chi connectivity index (χ4v) is 2.19. The van der Waals surface area contributed by atoms with Crippen molar-refractivity contribution in [3.05, 3.63) is 59.7 Å². The molecule has 4 nitrogen and oxygen atoms in total. The predicted molar refractivity (Wildman–Crippen MR) is 87.6 cm³/mol. The standard InChI is InChI=1S/C17H21N3O/c1-13-10-14(12-15(18)11-13)17(21)19-8-9-20(2)16-6-4-3-5-7-16/h3-7,10-12H,8-9,18H2,1-2H3,(H,19,21). The number of hydrogen-bond donors (Lipinski definition) is 2. The number of nitrogens with one attached hydrogen (secondary N) is 1. The predicted octanol–water partition coefficient (Wildman–Crippen LogP) is 2.44. The molecule has 0 aliphatic heterocycles. The topological polar surface area (TPSA) is 58.4 Å². The molecule has 0 fully saturated rings. The molecule has 2 aromatic rings. The normalized spacial score (nSPS) is 10.2. The Morgan fingerprint density at radius 2 is 1.90 bits per heavy atom. The van der Waals surface area contributed by atoms with Crippen molar-refractivity contribution in [2.75, 3.05) is 30.8 Å². The van der Waals surface area contributed by atoms with Crippen LogP contribution in [0.2, 0.25) is 0 Å². The molecular formula is C17H21N3O. The Bertz CT molecular complexity index is 590. The van der Waals surface area contributed by atoms with Gasteiger partial charge in [-0.25, -0.2) is 0 Å². The van der Waals surface area contributed by atoms with Crippen LogP contribution in [-0.4, -0.2) is 26.0 Å². The number of carbonyl (C=O) groups excluding carboxylic acids is 1. The summed E-state index contributed by atoms with van der Waals surface area (Å²) >= 11 is 0. The van der Waals surface area contributed by atoms with Crippen LogP contribution in [0.5, 0.6) is 0 Å². The van der Waals surface area contributed by atoms with Gasteiger partial charge in [-0.05, 0) is 42.8 Å². The van der Waals surface area contributed by atoms with E-state index in [9.17, 15) is 4.79 Å². The van der Waals surface area contributed by atoms with E-state index in [1.54, 1.807) is 6.07 Å². The maximum absolute atomic E-state index is 12.1. The summed E-state index contributed by atoms with van der Waals surface area (Å²) in [5, 5.41) is 2.92. The van der Waals surface area contributed by atoms with Crippen molar-refractivity contribution in [2.45, 2.75) is 6.92 Å². The lowest BCUT2D eigenvalue weighted by Gasteiger charge is -2.19. The van der Waals surface area contributed by atoms with E-state index in [1.165, 1.54) is 0 Å². The molecule has 0 aliphatic rings. The molecule has 110 valence electrons. The van der Waals surface area contributed by atoms with Crippen molar-refractivity contribution >= 4 is 17.3 Å². The molecule has 3 N–H and O–H groups in total. The van der Waals surface area contributed by atoms with Crippen LogP contribution in [0.25, 0.3) is 0 Å². The van der Waals surface area contributed by atoms with Gasteiger partial charge in [-0.1, -0.05) is 18.2 Å². The first kappa shape index (κ1) is 14.9. The zero-order valence-electron chi connectivity index (χ0n) is 12.5. The van der Waals surface area contributed by atoms with E-state index in [0.717, 1.165) is 17.8 Å². The zero-order chi connectivity index (χ0) is 15.2. The quantitative estimate of drug-likeness (QED) is 0.829. The first-order valence-electron chi connectivity index (χ1n) is 6.98. The lowest BCUT2D eigenvalue weighted by molar-refractivity contribution is 0.0954. The van der Waals surface area contributed by atoms with Crippen molar-refractivity contribution < 1.29 is 4.79 Å². The third-order valence-corrected chi connectivity index (χ3v) is 3.29. The van der Waals surface area contributed by atoms with Crippen molar-refractivity contribution in [1.29, 1.82) is 0 Å². The van der Waals surface area contributed by atoms with Crippen LogP contribution in [0.1, 0.15) is 15.9 Å². The van der Waals surface area contributed by atoms with E-state index in [0.29, 0.717) is 17.8 Å². The molecule has 0 aromatic heterocycles. The number of likely N-dealkylation sites (N-methyl/N-ethyl adjacent to an activating group) is 1. The van der Waals surface area contributed by atoms with Crippen molar-refractivity contribution in [2.24, 2.45) is 0 Å². The number of hydrogen-bond acceptors (Lipinski definition) is 3. The number of anilines is 2. The van der Waals surface area contributed by atoms with Crippen LogP contribution in [0.4, 0.5) is 11.4 Å². The summed E-state index contributed by atoms with van der Waals surface area (Å²) in [6.07, 6.45) is 0. The Kier molecular flexibility index (Phi) is 4.82. The van der Waals surface area contributed by atoms with Crippen molar-refractivity contribution in [3.63, 3.8) is 0 Å². The zero-order valence-corrected chi connectivity index (χ0v) is 12.5. The maximum Gasteiger partial charge on any atom is 0.251 e. The third kappa shape index (κ3) is 4.24. The smallest absolute Gasteiger partial charge is 0.251 e. The van der Waals surface area contributed by atoms with Crippen molar-refractivity contribution in [3.8, 4) is 0 Å². The first-order valence-corrected chi connectivity index (χ1v) is 6.98. The lowest BCUT2D eigenvalue weighted by atomic mass is 10.1. The highest BCUT2D eigenvalue weighted by molar-refractivity contribution is 5.95. The number of nitrogen functional groups attached to an aromatic ring is 1. The molecule has 2 rings (SSSR count). The molecule has 0 unspecified atom stereocenters. The second-order valence-electron chi connectivity index (χ2n) is 5.15. The Morgan fingerprint density at radius 3 is 2.57 bits per heavy atom. The average molecular weight is 283 g/mol. The van der Waals surface area contributed by atoms with Gasteiger partial charge in [0.2, 0.25) is 0 Å². The summed E-state index contributed by atoms with van der Waals surface area (Å²) in [5.74, 6) is -0.0909. The SMILES string of the molecule is Cc1cc(N)cc(C(=O)NCCN(C)c2ccccc2)c1. The number of amides is 1. The Labute approximate surface area is 125 Å². The fraction of sp³-hybridized carbons (Fsp3) is 0.235. The van der Waals surface area contributed by atoms with Gasteiger partial charge in [0.15, 0.2) is 0 Å². The number of aryl methyl sites for hydroxylation is 1. The molecule has 0 spiro atoms. The van der Waals surface area contributed by atoms with E-state index < -0.39 is 0 Å². The summed E-state index contributed by atoms with van der Waals surface area (Å²) in [6.45, 7) is 3.26. The van der Waals surface area contributed by atoms with Gasteiger partial charge in [-0.2, -0.15) is 0 Å². The van der Waals surface area contributed by atoms with Gasteiger partial charge in [0.1, 0.15) is 0 Å². The molecule has 2 aromatic carbocycles. The van der Waals surface area contributed by atoms with E-state index in [4.69, 9.17) is 5.73 Å². The van der Waals surface area contributed by atoms with Gasteiger partial charge >= 0.3 is 0 Å². The first-order chi connectivity index (χ1) is 10.1. The molecule has 0 aliphatic carbocycles. The molecule has 21 heavy (non-hydrogen) atoms. The number of benzene rings is 2. The highest BCUT2D eigenvalue weighted by Crippen LogP contribution is 2.12. The molecule has 0 saturated carbocycles. The number of rotatable bonds is 5. The van der Waals surface area contributed by atoms with Crippen LogP contribution < -0.4 is 16.0 Å². The van der Waals surface area contributed by atoms with E-state index in [2.05, 4.69) is 10.2 Å². The monoisotopic (exact) mass is 283 g/mol. The summed E-state index contributed by atoms with van der Waals surface area (Å²) in [7, 11) is 2.01. The molecule has 1 amide bonds. The van der Waals surface area contributed by atoms with Crippen LogP contribution in [0.15, 0.2) is 48.5 Å². The van der Waals surface area contributed by atoms with E-state index in [-0.39, 0.29) is 5.91 Å². The Morgan fingerprint density at radius 1 is 1.19 bits per heavy atom. The second kappa shape index (κ2) is 6.79. The molecule has 0 saturated heterocycles. The van der Waals surface area contributed by atoms with E-state index in [1.807, 2.05) is 56.4 Å². The minimum absolute atomic E-state index is 0.0909. The number of carbonyl (C=O) groups is 1. The number of para-hydroxylation sites is 1. The van der Waals surface area contributed by atoms with Crippen LogP contribution in [-0.2, 0) is 0 Å². The van der Waals surface area contributed by atoms with Gasteiger partial charge in [-0.15, -0.1) is 0 Å². The van der Waals surface area contributed by atoms with Gasteiger partial charge in [0.05, 0.1) is 0 Å². The highest BCUT2D eigenvalue weighted by Gasteiger charge is 2.07. The van der Waals surface area contributed by atoms with E-state index >= 15 is 0 Å². The van der Waals surface area contributed by atoms with Gasteiger partial charge in [0.25, 0.3) is 5.91 Å². The summed E-state index contributed by atoms with van der Waals surface area (Å²) < 4.78 is 0. The van der Waals surface area contributed by atoms with Gasteiger partial charge in [-0.3, -0.25) is 4.79 Å². The number of nitrogens with zero attached hydrogens (tertiary/aromatic N) is 1. The van der Waals surface area contributed by atoms with Gasteiger partial charge < -0.3 is 16.0 Å². The van der Waals surface area contributed by atoms with Crippen molar-refractivity contribution in [1.82, 2.24) is 5.32 Å². The second-order valence-corrected chi connectivity index (χ2v) is 5.15. The minimum atomic E-state index is -0.0909. The molecule has 0 radical (unpaired) electrons. The van der Waals surface area contributed by atoms with Crippen LogP contribution in [0, 0.1) is 6.92 Å².